The van der Waals surface area contributed by atoms with E-state index < -0.39 is 29.7 Å². The summed E-state index contributed by atoms with van der Waals surface area (Å²) in [4.78, 5) is 34.1. The molecule has 0 aliphatic heterocycles. The Bertz CT molecular complexity index is 351. The molecule has 0 aliphatic carbocycles. The lowest BCUT2D eigenvalue weighted by Gasteiger charge is -2.24. The van der Waals surface area contributed by atoms with Gasteiger partial charge in [0, 0.05) is 7.05 Å². The molecule has 0 saturated heterocycles. The van der Waals surface area contributed by atoms with Crippen molar-refractivity contribution in [2.24, 2.45) is 0 Å². The molecule has 0 heterocycles. The Balaban J connectivity index is 4.28. The molecule has 0 aromatic carbocycles. The number of ether oxygens (including phenoxy) is 2. The highest BCUT2D eigenvalue weighted by Crippen LogP contribution is 2.06. The zero-order chi connectivity index (χ0) is 15.2. The molecule has 0 radical (unpaired) electrons. The van der Waals surface area contributed by atoms with Crippen molar-refractivity contribution < 1.29 is 23.9 Å². The van der Waals surface area contributed by atoms with E-state index in [0.717, 1.165) is 5.01 Å². The van der Waals surface area contributed by atoms with Crippen LogP contribution in [0.5, 0.6) is 0 Å². The second-order valence-electron chi connectivity index (χ2n) is 4.87. The molecular formula is C11H21N3O5. The number of hydrazine groups is 1. The van der Waals surface area contributed by atoms with Gasteiger partial charge in [-0.05, 0) is 27.7 Å². The first kappa shape index (κ1) is 17.0. The first-order valence-corrected chi connectivity index (χ1v) is 5.68. The van der Waals surface area contributed by atoms with Crippen molar-refractivity contribution >= 4 is 18.1 Å². The van der Waals surface area contributed by atoms with Crippen molar-refractivity contribution in [3.8, 4) is 0 Å². The standard InChI is InChI=1S/C11H21N3O5/c1-7(8(15)18-6)12-9(16)14(5)13-10(17)19-11(2,3)4/h7H,1-6H3,(H,12,16)(H,13,17)/t7-/m0/s1. The maximum Gasteiger partial charge on any atom is 0.426 e. The van der Waals surface area contributed by atoms with E-state index in [1.54, 1.807) is 20.8 Å². The molecule has 110 valence electrons. The van der Waals surface area contributed by atoms with Gasteiger partial charge in [0.1, 0.15) is 11.6 Å². The molecule has 0 unspecified atom stereocenters. The van der Waals surface area contributed by atoms with E-state index in [0.29, 0.717) is 0 Å². The van der Waals surface area contributed by atoms with Crippen molar-refractivity contribution in [3.05, 3.63) is 0 Å². The maximum atomic E-state index is 11.6. The van der Waals surface area contributed by atoms with Crippen molar-refractivity contribution in [3.63, 3.8) is 0 Å². The van der Waals surface area contributed by atoms with E-state index in [9.17, 15) is 14.4 Å². The first-order chi connectivity index (χ1) is 8.56. The van der Waals surface area contributed by atoms with E-state index in [1.165, 1.54) is 21.1 Å². The van der Waals surface area contributed by atoms with Gasteiger partial charge in [0.05, 0.1) is 7.11 Å². The number of nitrogens with zero attached hydrogens (tertiary/aromatic N) is 1. The highest BCUT2D eigenvalue weighted by Gasteiger charge is 2.21. The summed E-state index contributed by atoms with van der Waals surface area (Å²) in [5.41, 5.74) is 1.54. The van der Waals surface area contributed by atoms with Gasteiger partial charge >= 0.3 is 18.1 Å². The van der Waals surface area contributed by atoms with Crippen LogP contribution >= 0.6 is 0 Å². The minimum Gasteiger partial charge on any atom is -0.467 e. The van der Waals surface area contributed by atoms with Gasteiger partial charge in [0.15, 0.2) is 0 Å². The number of urea groups is 1. The zero-order valence-electron chi connectivity index (χ0n) is 12.1. The topological polar surface area (TPSA) is 97.0 Å². The summed E-state index contributed by atoms with van der Waals surface area (Å²) < 4.78 is 9.42. The molecule has 3 amide bonds. The number of nitrogens with one attached hydrogen (secondary N) is 2. The molecule has 8 nitrogen and oxygen atoms in total. The van der Waals surface area contributed by atoms with Crippen LogP contribution in [-0.4, -0.2) is 48.9 Å². The average Bonchev–Trinajstić information content (AvgIpc) is 2.24. The minimum absolute atomic E-state index is 0.584. The lowest BCUT2D eigenvalue weighted by molar-refractivity contribution is -0.142. The summed E-state index contributed by atoms with van der Waals surface area (Å²) in [6.07, 6.45) is -0.768. The largest absolute Gasteiger partial charge is 0.467 e. The van der Waals surface area contributed by atoms with Crippen LogP contribution in [0.25, 0.3) is 0 Å². The predicted octanol–water partition coefficient (Wildman–Crippen LogP) is 0.629. The Kier molecular flexibility index (Phi) is 6.10. The molecule has 0 saturated carbocycles. The first-order valence-electron chi connectivity index (χ1n) is 5.68. The summed E-state index contributed by atoms with van der Waals surface area (Å²) in [6.45, 7) is 6.56. The maximum absolute atomic E-state index is 11.6. The molecule has 0 rings (SSSR count). The Morgan fingerprint density at radius 2 is 1.74 bits per heavy atom. The fourth-order valence-corrected chi connectivity index (χ4v) is 1.01. The number of esters is 1. The Morgan fingerprint density at radius 3 is 2.16 bits per heavy atom. The number of carbonyl (C=O) groups is 3. The van der Waals surface area contributed by atoms with E-state index in [1.807, 2.05) is 0 Å². The molecule has 8 heteroatoms. The van der Waals surface area contributed by atoms with E-state index in [-0.39, 0.29) is 0 Å². The summed E-state index contributed by atoms with van der Waals surface area (Å²) in [7, 11) is 2.54. The summed E-state index contributed by atoms with van der Waals surface area (Å²) in [5, 5.41) is 3.22. The average molecular weight is 275 g/mol. The third-order valence-electron chi connectivity index (χ3n) is 1.86. The Hall–Kier alpha value is -1.99. The number of hydrogen-bond acceptors (Lipinski definition) is 5. The monoisotopic (exact) mass is 275 g/mol. The summed E-state index contributed by atoms with van der Waals surface area (Å²) >= 11 is 0. The van der Waals surface area contributed by atoms with Gasteiger partial charge in [0.2, 0.25) is 0 Å². The molecule has 0 fully saturated rings. The molecule has 2 N–H and O–H groups in total. The van der Waals surface area contributed by atoms with Gasteiger partial charge in [-0.1, -0.05) is 0 Å². The highest BCUT2D eigenvalue weighted by molar-refractivity contribution is 5.84. The number of amides is 3. The molecule has 0 bridgehead atoms. The van der Waals surface area contributed by atoms with Crippen molar-refractivity contribution in [2.45, 2.75) is 39.3 Å². The lowest BCUT2D eigenvalue weighted by Crippen LogP contribution is -2.52. The molecule has 0 aromatic rings. The molecule has 0 aliphatic rings. The van der Waals surface area contributed by atoms with Gasteiger partial charge in [-0.25, -0.2) is 24.8 Å². The van der Waals surface area contributed by atoms with Gasteiger partial charge < -0.3 is 14.8 Å². The smallest absolute Gasteiger partial charge is 0.426 e. The number of hydrogen-bond donors (Lipinski definition) is 2. The van der Waals surface area contributed by atoms with Crippen LogP contribution in [0, 0.1) is 0 Å². The molecule has 0 spiro atoms. The quantitative estimate of drug-likeness (QED) is 0.569. The van der Waals surface area contributed by atoms with Crippen LogP contribution in [0.4, 0.5) is 9.59 Å². The molecule has 1 atom stereocenters. The summed E-state index contributed by atoms with van der Waals surface area (Å²) in [6, 6.07) is -1.48. The lowest BCUT2D eigenvalue weighted by atomic mass is 10.2. The van der Waals surface area contributed by atoms with E-state index >= 15 is 0 Å². The normalized spacial score (nSPS) is 12.1. The van der Waals surface area contributed by atoms with Gasteiger partial charge in [-0.15, -0.1) is 0 Å². The minimum atomic E-state index is -0.819. The zero-order valence-corrected chi connectivity index (χ0v) is 12.1. The van der Waals surface area contributed by atoms with Crippen LogP contribution in [0.15, 0.2) is 0 Å². The van der Waals surface area contributed by atoms with Crippen LogP contribution < -0.4 is 10.7 Å². The number of carbonyl (C=O) groups excluding carboxylic acids is 3. The van der Waals surface area contributed by atoms with Crippen molar-refractivity contribution in [2.75, 3.05) is 14.2 Å². The van der Waals surface area contributed by atoms with E-state index in [4.69, 9.17) is 4.74 Å². The van der Waals surface area contributed by atoms with Gasteiger partial charge in [0.25, 0.3) is 0 Å². The highest BCUT2D eigenvalue weighted by atomic mass is 16.6. The fourth-order valence-electron chi connectivity index (χ4n) is 1.01. The molecule has 19 heavy (non-hydrogen) atoms. The third-order valence-corrected chi connectivity index (χ3v) is 1.86. The van der Waals surface area contributed by atoms with Crippen LogP contribution in [0.3, 0.4) is 0 Å². The van der Waals surface area contributed by atoms with Crippen molar-refractivity contribution in [1.29, 1.82) is 0 Å². The Morgan fingerprint density at radius 1 is 1.21 bits per heavy atom. The number of methoxy groups -OCH3 is 1. The van der Waals surface area contributed by atoms with Gasteiger partial charge in [-0.3, -0.25) is 0 Å². The predicted molar refractivity (Wildman–Crippen MR) is 67.1 cm³/mol. The second kappa shape index (κ2) is 6.81. The Labute approximate surface area is 112 Å². The molecular weight excluding hydrogens is 254 g/mol. The van der Waals surface area contributed by atoms with Crippen molar-refractivity contribution in [1.82, 2.24) is 15.8 Å². The summed E-state index contributed by atoms with van der Waals surface area (Å²) in [5.74, 6) is -0.584. The van der Waals surface area contributed by atoms with Crippen LogP contribution in [0.2, 0.25) is 0 Å². The third kappa shape index (κ3) is 7.12. The SMILES string of the molecule is COC(=O)[C@H](C)NC(=O)N(C)NC(=O)OC(C)(C)C. The molecule has 0 aromatic heterocycles. The van der Waals surface area contributed by atoms with E-state index in [2.05, 4.69) is 15.5 Å². The second-order valence-corrected chi connectivity index (χ2v) is 4.87. The van der Waals surface area contributed by atoms with Crippen LogP contribution in [-0.2, 0) is 14.3 Å². The van der Waals surface area contributed by atoms with Crippen LogP contribution in [0.1, 0.15) is 27.7 Å². The number of rotatable bonds is 2. The van der Waals surface area contributed by atoms with Gasteiger partial charge in [-0.2, -0.15) is 0 Å². The fraction of sp³-hybridized carbons (Fsp3) is 0.727.